The van der Waals surface area contributed by atoms with Crippen molar-refractivity contribution in [2.24, 2.45) is 7.05 Å². The van der Waals surface area contributed by atoms with Crippen LogP contribution < -0.4 is 5.32 Å². The quantitative estimate of drug-likeness (QED) is 0.424. The lowest BCUT2D eigenvalue weighted by atomic mass is 10.1. The molecule has 178 valence electrons. The van der Waals surface area contributed by atoms with E-state index in [1.807, 2.05) is 76.6 Å². The van der Waals surface area contributed by atoms with Gasteiger partial charge in [0.2, 0.25) is 0 Å². The highest BCUT2D eigenvalue weighted by Gasteiger charge is 2.17. The SMILES string of the molecule is Cn1cc(C2=CCn3c(nnc3Sc3ccc4ncc(NC(=O)OC(C)(C)C)cc4c3)C=C2)cn1. The van der Waals surface area contributed by atoms with E-state index in [9.17, 15) is 4.79 Å². The molecule has 0 saturated carbocycles. The molecular weight excluding hydrogens is 462 g/mol. The Morgan fingerprint density at radius 2 is 2.00 bits per heavy atom. The molecule has 1 aliphatic heterocycles. The second kappa shape index (κ2) is 9.03. The van der Waals surface area contributed by atoms with Gasteiger partial charge in [0.15, 0.2) is 11.0 Å². The Morgan fingerprint density at radius 1 is 1.14 bits per heavy atom. The number of aromatic nitrogens is 6. The van der Waals surface area contributed by atoms with Gasteiger partial charge in [0, 0.05) is 35.6 Å². The van der Waals surface area contributed by atoms with Crippen LogP contribution in [0, 0.1) is 0 Å². The number of amides is 1. The summed E-state index contributed by atoms with van der Waals surface area (Å²) < 4.78 is 9.20. The van der Waals surface area contributed by atoms with Gasteiger partial charge in [0.05, 0.1) is 23.6 Å². The average molecular weight is 488 g/mol. The third-order valence-corrected chi connectivity index (χ3v) is 6.17. The average Bonchev–Trinajstić information content (AvgIpc) is 3.32. The van der Waals surface area contributed by atoms with Crippen LogP contribution in [0.1, 0.15) is 32.2 Å². The minimum absolute atomic E-state index is 0.512. The van der Waals surface area contributed by atoms with Crippen molar-refractivity contribution in [1.29, 1.82) is 0 Å². The number of allylic oxidation sites excluding steroid dienone is 3. The summed E-state index contributed by atoms with van der Waals surface area (Å²) in [5.41, 5.74) is 2.99. The lowest BCUT2D eigenvalue weighted by Crippen LogP contribution is -2.27. The Balaban J connectivity index is 1.35. The van der Waals surface area contributed by atoms with Crippen LogP contribution in [0.2, 0.25) is 0 Å². The second-order valence-corrected chi connectivity index (χ2v) is 10.2. The van der Waals surface area contributed by atoms with Crippen molar-refractivity contribution in [3.8, 4) is 0 Å². The smallest absolute Gasteiger partial charge is 0.412 e. The van der Waals surface area contributed by atoms with Gasteiger partial charge in [-0.2, -0.15) is 5.10 Å². The third kappa shape index (κ3) is 5.27. The molecule has 0 spiro atoms. The van der Waals surface area contributed by atoms with Crippen LogP contribution in [-0.2, 0) is 18.3 Å². The van der Waals surface area contributed by atoms with Gasteiger partial charge >= 0.3 is 6.09 Å². The van der Waals surface area contributed by atoms with E-state index in [0.29, 0.717) is 12.2 Å². The van der Waals surface area contributed by atoms with Crippen LogP contribution in [0.4, 0.5) is 10.5 Å². The van der Waals surface area contributed by atoms with Gasteiger partial charge in [0.25, 0.3) is 0 Å². The zero-order chi connectivity index (χ0) is 24.6. The second-order valence-electron chi connectivity index (χ2n) is 9.15. The Labute approximate surface area is 206 Å². The molecule has 10 heteroatoms. The normalized spacial score (nSPS) is 13.3. The van der Waals surface area contributed by atoms with Crippen molar-refractivity contribution in [2.75, 3.05) is 5.32 Å². The lowest BCUT2D eigenvalue weighted by molar-refractivity contribution is 0.0636. The van der Waals surface area contributed by atoms with Crippen LogP contribution in [-0.4, -0.2) is 41.2 Å². The number of aryl methyl sites for hydroxylation is 1. The summed E-state index contributed by atoms with van der Waals surface area (Å²) in [6.45, 7) is 6.13. The molecule has 0 unspecified atom stereocenters. The summed E-state index contributed by atoms with van der Waals surface area (Å²) in [5.74, 6) is 0.800. The van der Waals surface area contributed by atoms with Gasteiger partial charge < -0.3 is 4.74 Å². The summed E-state index contributed by atoms with van der Waals surface area (Å²) in [5, 5.41) is 17.5. The van der Waals surface area contributed by atoms with E-state index < -0.39 is 11.7 Å². The van der Waals surface area contributed by atoms with Gasteiger partial charge in [-0.3, -0.25) is 19.5 Å². The number of nitrogens with zero attached hydrogens (tertiary/aromatic N) is 6. The minimum Gasteiger partial charge on any atom is -0.444 e. The number of nitrogens with one attached hydrogen (secondary N) is 1. The molecule has 3 aromatic heterocycles. The summed E-state index contributed by atoms with van der Waals surface area (Å²) >= 11 is 1.53. The number of anilines is 1. The zero-order valence-corrected chi connectivity index (χ0v) is 20.7. The molecule has 0 radical (unpaired) electrons. The number of rotatable bonds is 4. The molecule has 4 aromatic rings. The summed E-state index contributed by atoms with van der Waals surface area (Å²) in [6.07, 6.45) is 11.1. The highest BCUT2D eigenvalue weighted by molar-refractivity contribution is 7.99. The molecule has 0 atom stereocenters. The molecule has 9 nitrogen and oxygen atoms in total. The Kier molecular flexibility index (Phi) is 5.89. The fourth-order valence-corrected chi connectivity index (χ4v) is 4.54. The molecule has 0 aliphatic carbocycles. The van der Waals surface area contributed by atoms with Gasteiger partial charge in [-0.1, -0.05) is 12.2 Å². The first-order valence-corrected chi connectivity index (χ1v) is 11.9. The lowest BCUT2D eigenvalue weighted by Gasteiger charge is -2.19. The van der Waals surface area contributed by atoms with Crippen LogP contribution >= 0.6 is 11.8 Å². The first kappa shape index (κ1) is 22.9. The summed E-state index contributed by atoms with van der Waals surface area (Å²) in [7, 11) is 1.91. The van der Waals surface area contributed by atoms with Crippen molar-refractivity contribution < 1.29 is 9.53 Å². The maximum absolute atomic E-state index is 12.1. The largest absolute Gasteiger partial charge is 0.444 e. The topological polar surface area (TPSA) is 99.8 Å². The predicted molar refractivity (Wildman–Crippen MR) is 136 cm³/mol. The molecule has 1 N–H and O–H groups in total. The number of carbonyl (C=O) groups is 1. The molecule has 5 rings (SSSR count). The molecule has 1 amide bonds. The van der Waals surface area contributed by atoms with E-state index in [0.717, 1.165) is 37.9 Å². The molecule has 0 fully saturated rings. The molecule has 1 aliphatic rings. The number of hydrogen-bond donors (Lipinski definition) is 1. The number of pyridine rings is 1. The van der Waals surface area contributed by atoms with Crippen molar-refractivity contribution in [2.45, 2.75) is 43.0 Å². The van der Waals surface area contributed by atoms with Crippen LogP contribution in [0.3, 0.4) is 0 Å². The van der Waals surface area contributed by atoms with Crippen molar-refractivity contribution >= 4 is 46.1 Å². The van der Waals surface area contributed by atoms with Crippen molar-refractivity contribution in [3.63, 3.8) is 0 Å². The summed E-state index contributed by atoms with van der Waals surface area (Å²) in [4.78, 5) is 17.6. The fraction of sp³-hybridized carbons (Fsp3) is 0.240. The molecular formula is C25H25N7O2S. The highest BCUT2D eigenvalue weighted by atomic mass is 32.2. The zero-order valence-electron chi connectivity index (χ0n) is 19.9. The molecule has 1 aromatic carbocycles. The predicted octanol–water partition coefficient (Wildman–Crippen LogP) is 5.17. The monoisotopic (exact) mass is 487 g/mol. The Bertz CT molecular complexity index is 1480. The number of hydrogen-bond acceptors (Lipinski definition) is 7. The Morgan fingerprint density at radius 3 is 2.77 bits per heavy atom. The highest BCUT2D eigenvalue weighted by Crippen LogP contribution is 2.31. The maximum Gasteiger partial charge on any atom is 0.412 e. The first-order valence-electron chi connectivity index (χ1n) is 11.1. The van der Waals surface area contributed by atoms with E-state index in [4.69, 9.17) is 4.74 Å². The number of benzene rings is 1. The van der Waals surface area contributed by atoms with E-state index >= 15 is 0 Å². The number of fused-ring (bicyclic) bond motifs is 2. The molecule has 0 saturated heterocycles. The van der Waals surface area contributed by atoms with Crippen LogP contribution in [0.5, 0.6) is 0 Å². The van der Waals surface area contributed by atoms with Gasteiger partial charge in [-0.25, -0.2) is 4.79 Å². The molecule has 35 heavy (non-hydrogen) atoms. The minimum atomic E-state index is -0.572. The maximum atomic E-state index is 12.1. The van der Waals surface area contributed by atoms with Crippen LogP contribution in [0.25, 0.3) is 22.6 Å². The van der Waals surface area contributed by atoms with Crippen LogP contribution in [0.15, 0.2) is 65.1 Å². The molecule has 4 heterocycles. The van der Waals surface area contributed by atoms with Crippen molar-refractivity contribution in [1.82, 2.24) is 29.5 Å². The Hall–Kier alpha value is -3.92. The standard InChI is InChI=1S/C25H25N7O2S/c1-25(2,3)34-24(33)28-19-11-17-12-20(6-7-21(17)26-14-19)35-23-30-29-22-8-5-16(9-10-32(22)23)18-13-27-31(4)15-18/h5-9,11-15H,10H2,1-4H3,(H,28,33). The van der Waals surface area contributed by atoms with E-state index in [-0.39, 0.29) is 0 Å². The fourth-order valence-electron chi connectivity index (χ4n) is 3.65. The third-order valence-electron chi connectivity index (χ3n) is 5.20. The first-order chi connectivity index (χ1) is 16.7. The summed E-state index contributed by atoms with van der Waals surface area (Å²) in [6, 6.07) is 7.87. The molecule has 0 bridgehead atoms. The van der Waals surface area contributed by atoms with E-state index in [1.165, 1.54) is 11.8 Å². The van der Waals surface area contributed by atoms with E-state index in [2.05, 4.69) is 36.2 Å². The number of ether oxygens (including phenoxy) is 1. The van der Waals surface area contributed by atoms with Gasteiger partial charge in [-0.05, 0) is 68.4 Å². The van der Waals surface area contributed by atoms with E-state index in [1.54, 1.807) is 10.9 Å². The van der Waals surface area contributed by atoms with Gasteiger partial charge in [-0.15, -0.1) is 10.2 Å². The van der Waals surface area contributed by atoms with Gasteiger partial charge in [0.1, 0.15) is 5.60 Å². The number of carbonyl (C=O) groups excluding carboxylic acids is 1. The van der Waals surface area contributed by atoms with Crippen molar-refractivity contribution in [3.05, 3.63) is 66.4 Å².